The molecule has 6 heteroatoms. The third-order valence-electron chi connectivity index (χ3n) is 5.92. The van der Waals surface area contributed by atoms with Gasteiger partial charge in [0.25, 0.3) is 0 Å². The highest BCUT2D eigenvalue weighted by atomic mass is 35.5. The third kappa shape index (κ3) is 5.95. The number of hydrogen-bond donors (Lipinski definition) is 1. The molecule has 1 aliphatic heterocycles. The quantitative estimate of drug-likeness (QED) is 0.498. The summed E-state index contributed by atoms with van der Waals surface area (Å²) in [6.45, 7) is 1.66. The van der Waals surface area contributed by atoms with Gasteiger partial charge in [0.2, 0.25) is 5.91 Å². The molecule has 1 heterocycles. The Balaban J connectivity index is 1.25. The molecule has 168 valence electrons. The summed E-state index contributed by atoms with van der Waals surface area (Å²) >= 11 is 5.90. The zero-order valence-electron chi connectivity index (χ0n) is 18.2. The maximum Gasteiger partial charge on any atom is 0.238 e. The van der Waals surface area contributed by atoms with Gasteiger partial charge in [0.15, 0.2) is 11.6 Å². The van der Waals surface area contributed by atoms with Gasteiger partial charge in [0.1, 0.15) is 0 Å². The molecule has 0 radical (unpaired) electrons. The molecule has 3 aromatic rings. The maximum absolute atomic E-state index is 12.7. The monoisotopic (exact) mass is 460 g/mol. The second kappa shape index (κ2) is 10.6. The number of Topliss-reactive ketones (excluding diaryl/α,β-unsaturated/α-hetero) is 1. The van der Waals surface area contributed by atoms with E-state index in [0.717, 1.165) is 12.8 Å². The van der Waals surface area contributed by atoms with E-state index in [1.54, 1.807) is 60.7 Å². The second-order valence-electron chi connectivity index (χ2n) is 8.24. The number of carbonyl (C=O) groups excluding carboxylic acids is 3. The van der Waals surface area contributed by atoms with Crippen LogP contribution >= 0.6 is 11.6 Å². The van der Waals surface area contributed by atoms with E-state index in [1.807, 2.05) is 18.2 Å². The minimum absolute atomic E-state index is 0.0276. The number of likely N-dealkylation sites (tertiary alicyclic amines) is 1. The lowest BCUT2D eigenvalue weighted by atomic mass is 9.89. The smallest absolute Gasteiger partial charge is 0.238 e. The number of amides is 1. The normalized spacial score (nSPS) is 14.6. The van der Waals surface area contributed by atoms with Gasteiger partial charge in [-0.15, -0.1) is 0 Å². The van der Waals surface area contributed by atoms with Crippen molar-refractivity contribution in [1.29, 1.82) is 0 Å². The van der Waals surface area contributed by atoms with Crippen LogP contribution < -0.4 is 5.32 Å². The van der Waals surface area contributed by atoms with E-state index in [1.165, 1.54) is 0 Å². The Kier molecular flexibility index (Phi) is 7.33. The van der Waals surface area contributed by atoms with Crippen LogP contribution in [0.4, 0.5) is 5.69 Å². The fourth-order valence-electron chi connectivity index (χ4n) is 4.07. The van der Waals surface area contributed by atoms with Crippen molar-refractivity contribution in [2.75, 3.05) is 25.0 Å². The van der Waals surface area contributed by atoms with E-state index < -0.39 is 0 Å². The first kappa shape index (κ1) is 22.9. The lowest BCUT2D eigenvalue weighted by molar-refractivity contribution is -0.117. The summed E-state index contributed by atoms with van der Waals surface area (Å²) in [5, 5.41) is 3.50. The Hall–Kier alpha value is -3.28. The van der Waals surface area contributed by atoms with Crippen LogP contribution in [0, 0.1) is 5.92 Å². The van der Waals surface area contributed by atoms with E-state index in [4.69, 9.17) is 11.6 Å². The van der Waals surface area contributed by atoms with Gasteiger partial charge in [0.05, 0.1) is 6.54 Å². The summed E-state index contributed by atoms with van der Waals surface area (Å²) in [4.78, 5) is 39.7. The molecule has 0 aromatic heterocycles. The first-order chi connectivity index (χ1) is 16.0. The van der Waals surface area contributed by atoms with Crippen LogP contribution in [0.2, 0.25) is 5.02 Å². The number of ketones is 2. The summed E-state index contributed by atoms with van der Waals surface area (Å²) in [6, 6.07) is 23.0. The van der Waals surface area contributed by atoms with E-state index in [2.05, 4.69) is 10.2 Å². The average Bonchev–Trinajstić information content (AvgIpc) is 2.85. The highest BCUT2D eigenvalue weighted by molar-refractivity contribution is 6.30. The van der Waals surface area contributed by atoms with E-state index >= 15 is 0 Å². The van der Waals surface area contributed by atoms with Crippen molar-refractivity contribution in [3.05, 3.63) is 101 Å². The number of benzene rings is 3. The molecule has 1 amide bonds. The Labute approximate surface area is 198 Å². The third-order valence-corrected chi connectivity index (χ3v) is 6.17. The number of nitrogens with zero attached hydrogens (tertiary/aromatic N) is 1. The number of halogens is 1. The van der Waals surface area contributed by atoms with Gasteiger partial charge in [0, 0.05) is 33.3 Å². The van der Waals surface area contributed by atoms with Gasteiger partial charge in [-0.1, -0.05) is 41.9 Å². The molecular weight excluding hydrogens is 436 g/mol. The molecule has 0 aliphatic carbocycles. The number of nitrogens with one attached hydrogen (secondary N) is 1. The molecule has 0 unspecified atom stereocenters. The summed E-state index contributed by atoms with van der Waals surface area (Å²) in [7, 11) is 0. The average molecular weight is 461 g/mol. The summed E-state index contributed by atoms with van der Waals surface area (Å²) in [5.41, 5.74) is 2.54. The molecule has 1 N–H and O–H groups in total. The molecule has 1 fully saturated rings. The first-order valence-electron chi connectivity index (χ1n) is 11.0. The summed E-state index contributed by atoms with van der Waals surface area (Å²) in [5.74, 6) is -0.0507. The van der Waals surface area contributed by atoms with Crippen LogP contribution in [0.5, 0.6) is 0 Å². The van der Waals surface area contributed by atoms with E-state index in [0.29, 0.717) is 40.5 Å². The predicted octanol–water partition coefficient (Wildman–Crippen LogP) is 5.10. The van der Waals surface area contributed by atoms with Crippen LogP contribution in [-0.4, -0.2) is 42.0 Å². The Morgan fingerprint density at radius 2 is 1.36 bits per heavy atom. The van der Waals surface area contributed by atoms with E-state index in [9.17, 15) is 14.4 Å². The van der Waals surface area contributed by atoms with Gasteiger partial charge < -0.3 is 5.32 Å². The van der Waals surface area contributed by atoms with Crippen molar-refractivity contribution in [2.45, 2.75) is 12.8 Å². The Bertz CT molecular complexity index is 1120. The highest BCUT2D eigenvalue weighted by Gasteiger charge is 2.26. The predicted molar refractivity (Wildman–Crippen MR) is 130 cm³/mol. The van der Waals surface area contributed by atoms with Crippen molar-refractivity contribution in [3.8, 4) is 0 Å². The number of piperidine rings is 1. The van der Waals surface area contributed by atoms with Crippen LogP contribution in [0.1, 0.15) is 39.1 Å². The van der Waals surface area contributed by atoms with Crippen molar-refractivity contribution in [1.82, 2.24) is 4.90 Å². The number of anilines is 1. The second-order valence-corrected chi connectivity index (χ2v) is 8.68. The summed E-state index contributed by atoms with van der Waals surface area (Å²) in [6.07, 6.45) is 1.45. The van der Waals surface area contributed by atoms with Crippen LogP contribution in [0.25, 0.3) is 0 Å². The van der Waals surface area contributed by atoms with Gasteiger partial charge in [-0.2, -0.15) is 0 Å². The number of rotatable bonds is 7. The molecule has 0 bridgehead atoms. The number of carbonyl (C=O) groups is 3. The van der Waals surface area contributed by atoms with Gasteiger partial charge in [-0.3, -0.25) is 19.3 Å². The van der Waals surface area contributed by atoms with E-state index in [-0.39, 0.29) is 29.9 Å². The molecule has 3 aromatic carbocycles. The molecule has 0 spiro atoms. The molecule has 1 saturated heterocycles. The van der Waals surface area contributed by atoms with Crippen LogP contribution in [0.15, 0.2) is 78.9 Å². The lowest BCUT2D eigenvalue weighted by Crippen LogP contribution is -2.40. The molecule has 33 heavy (non-hydrogen) atoms. The lowest BCUT2D eigenvalue weighted by Gasteiger charge is -2.30. The standard InChI is InChI=1S/C27H25ClN2O3/c28-23-10-6-20(7-11-23)27(33)22-14-16-30(17-15-22)18-25(31)29-24-12-8-21(9-13-24)26(32)19-4-2-1-3-5-19/h1-13,22H,14-18H2,(H,29,31). The van der Waals surface area contributed by atoms with Crippen LogP contribution in [-0.2, 0) is 4.79 Å². The fraction of sp³-hybridized carbons (Fsp3) is 0.222. The van der Waals surface area contributed by atoms with Crippen LogP contribution in [0.3, 0.4) is 0 Å². The van der Waals surface area contributed by atoms with Crippen molar-refractivity contribution in [3.63, 3.8) is 0 Å². The Morgan fingerprint density at radius 1 is 0.788 bits per heavy atom. The van der Waals surface area contributed by atoms with Crippen molar-refractivity contribution < 1.29 is 14.4 Å². The largest absolute Gasteiger partial charge is 0.325 e. The molecule has 4 rings (SSSR count). The molecule has 5 nitrogen and oxygen atoms in total. The Morgan fingerprint density at radius 3 is 2.00 bits per heavy atom. The van der Waals surface area contributed by atoms with Gasteiger partial charge in [-0.25, -0.2) is 0 Å². The molecule has 1 aliphatic rings. The minimum Gasteiger partial charge on any atom is -0.325 e. The minimum atomic E-state index is -0.111. The number of hydrogen-bond acceptors (Lipinski definition) is 4. The highest BCUT2D eigenvalue weighted by Crippen LogP contribution is 2.23. The maximum atomic E-state index is 12.7. The first-order valence-corrected chi connectivity index (χ1v) is 11.4. The molecular formula is C27H25ClN2O3. The van der Waals surface area contributed by atoms with Crippen molar-refractivity contribution in [2.24, 2.45) is 5.92 Å². The van der Waals surface area contributed by atoms with Crippen molar-refractivity contribution >= 4 is 34.8 Å². The molecule has 0 saturated carbocycles. The zero-order valence-corrected chi connectivity index (χ0v) is 18.9. The molecule has 0 atom stereocenters. The fourth-order valence-corrected chi connectivity index (χ4v) is 4.19. The summed E-state index contributed by atoms with van der Waals surface area (Å²) < 4.78 is 0. The topological polar surface area (TPSA) is 66.5 Å². The van der Waals surface area contributed by atoms with Gasteiger partial charge in [-0.05, 0) is 74.5 Å². The zero-order chi connectivity index (χ0) is 23.2. The van der Waals surface area contributed by atoms with Gasteiger partial charge >= 0.3 is 0 Å². The SMILES string of the molecule is O=C(CN1CCC(C(=O)c2ccc(Cl)cc2)CC1)Nc1ccc(C(=O)c2ccccc2)cc1.